The highest BCUT2D eigenvalue weighted by atomic mass is 19.1. The van der Waals surface area contributed by atoms with Gasteiger partial charge >= 0.3 is 0 Å². The predicted octanol–water partition coefficient (Wildman–Crippen LogP) is 3.26. The van der Waals surface area contributed by atoms with E-state index in [1.54, 1.807) is 18.2 Å². The molecule has 1 heterocycles. The molecule has 0 spiro atoms. The maximum absolute atomic E-state index is 12.9. The number of halogens is 1. The van der Waals surface area contributed by atoms with Gasteiger partial charge in [-0.3, -0.25) is 4.79 Å². The first-order valence-electron chi connectivity index (χ1n) is 7.45. The summed E-state index contributed by atoms with van der Waals surface area (Å²) in [4.78, 5) is 14.1. The van der Waals surface area contributed by atoms with Crippen molar-refractivity contribution in [3.8, 4) is 0 Å². The Morgan fingerprint density at radius 3 is 2.52 bits per heavy atom. The number of allylic oxidation sites excluding steroid dienone is 1. The average molecular weight is 291 g/mol. The molecular weight excluding hydrogens is 269 g/mol. The third-order valence-electron chi connectivity index (χ3n) is 3.80. The second kappa shape index (κ2) is 7.36. The number of rotatable bonds is 4. The average Bonchev–Trinajstić information content (AvgIpc) is 2.49. The van der Waals surface area contributed by atoms with Crippen LogP contribution < -0.4 is 0 Å². The van der Waals surface area contributed by atoms with Gasteiger partial charge in [0.1, 0.15) is 5.82 Å². The Morgan fingerprint density at radius 1 is 1.33 bits per heavy atom. The first-order valence-corrected chi connectivity index (χ1v) is 7.45. The van der Waals surface area contributed by atoms with Gasteiger partial charge in [-0.25, -0.2) is 4.39 Å². The van der Waals surface area contributed by atoms with Crippen LogP contribution in [0, 0.1) is 5.82 Å². The lowest BCUT2D eigenvalue weighted by molar-refractivity contribution is -0.128. The number of benzene rings is 1. The molecule has 1 saturated heterocycles. The smallest absolute Gasteiger partial charge is 0.246 e. The fraction of sp³-hybridized carbons (Fsp3) is 0.471. The number of hydrogen-bond donors (Lipinski definition) is 0. The Morgan fingerprint density at radius 2 is 1.95 bits per heavy atom. The summed E-state index contributed by atoms with van der Waals surface area (Å²) in [6.45, 7) is 6.06. The zero-order chi connectivity index (χ0) is 15.2. The number of piperidine rings is 1. The minimum Gasteiger partial charge on any atom is -0.378 e. The van der Waals surface area contributed by atoms with E-state index in [-0.39, 0.29) is 17.8 Å². The molecule has 0 atom stereocenters. The highest BCUT2D eigenvalue weighted by Gasteiger charge is 2.21. The van der Waals surface area contributed by atoms with Gasteiger partial charge in [0, 0.05) is 25.8 Å². The van der Waals surface area contributed by atoms with E-state index in [4.69, 9.17) is 4.74 Å². The molecule has 21 heavy (non-hydrogen) atoms. The molecule has 0 radical (unpaired) electrons. The molecule has 0 aliphatic carbocycles. The lowest BCUT2D eigenvalue weighted by Gasteiger charge is -2.31. The fourth-order valence-corrected chi connectivity index (χ4v) is 2.55. The van der Waals surface area contributed by atoms with Crippen molar-refractivity contribution in [3.05, 3.63) is 41.7 Å². The van der Waals surface area contributed by atoms with Gasteiger partial charge in [0.05, 0.1) is 6.10 Å². The molecule has 3 nitrogen and oxygen atoms in total. The molecule has 0 N–H and O–H groups in total. The van der Waals surface area contributed by atoms with Crippen LogP contribution in [0.4, 0.5) is 4.39 Å². The third kappa shape index (κ3) is 4.39. The molecule has 1 aromatic carbocycles. The number of carbonyl (C=O) groups excluding carboxylic acids is 1. The molecule has 0 saturated carbocycles. The number of hydrogen-bond acceptors (Lipinski definition) is 2. The Balaban J connectivity index is 1.94. The Bertz CT molecular complexity index is 502. The van der Waals surface area contributed by atoms with Crippen LogP contribution >= 0.6 is 0 Å². The van der Waals surface area contributed by atoms with Gasteiger partial charge < -0.3 is 9.64 Å². The summed E-state index contributed by atoms with van der Waals surface area (Å²) >= 11 is 0. The van der Waals surface area contributed by atoms with Crippen molar-refractivity contribution in [2.75, 3.05) is 19.7 Å². The Labute approximate surface area is 125 Å². The number of nitrogens with zero attached hydrogens (tertiary/aromatic N) is 1. The fourth-order valence-electron chi connectivity index (χ4n) is 2.55. The van der Waals surface area contributed by atoms with Gasteiger partial charge in [-0.15, -0.1) is 0 Å². The highest BCUT2D eigenvalue weighted by Crippen LogP contribution is 2.17. The normalized spacial score (nSPS) is 17.1. The summed E-state index contributed by atoms with van der Waals surface area (Å²) in [7, 11) is 0. The molecular formula is C17H22FNO2. The Kier molecular flexibility index (Phi) is 5.51. The van der Waals surface area contributed by atoms with Crippen LogP contribution in [0.1, 0.15) is 32.3 Å². The van der Waals surface area contributed by atoms with Crippen LogP contribution in [-0.2, 0) is 9.53 Å². The molecule has 0 aromatic heterocycles. The molecule has 1 aliphatic heterocycles. The van der Waals surface area contributed by atoms with Gasteiger partial charge in [0.15, 0.2) is 0 Å². The monoisotopic (exact) mass is 291 g/mol. The standard InChI is InChI=1S/C17H22FNO2/c1-3-21-16-8-10-19(11-9-16)17(20)12-13(2)14-4-6-15(18)7-5-14/h4-7,12,16H,3,8-11H2,1-2H3. The lowest BCUT2D eigenvalue weighted by Crippen LogP contribution is -2.40. The third-order valence-corrected chi connectivity index (χ3v) is 3.80. The summed E-state index contributed by atoms with van der Waals surface area (Å²) in [5.74, 6) is -0.248. The SMILES string of the molecule is CCOC1CCN(C(=O)C=C(C)c2ccc(F)cc2)CC1. The molecule has 1 aliphatic rings. The second-order valence-electron chi connectivity index (χ2n) is 5.31. The maximum atomic E-state index is 12.9. The number of carbonyl (C=O) groups is 1. The molecule has 4 heteroatoms. The summed E-state index contributed by atoms with van der Waals surface area (Å²) in [6, 6.07) is 6.20. The summed E-state index contributed by atoms with van der Waals surface area (Å²) < 4.78 is 18.5. The van der Waals surface area contributed by atoms with Crippen molar-refractivity contribution < 1.29 is 13.9 Å². The van der Waals surface area contributed by atoms with Crippen LogP contribution in [0.25, 0.3) is 5.57 Å². The van der Waals surface area contributed by atoms with Crippen molar-refractivity contribution in [1.82, 2.24) is 4.90 Å². The van der Waals surface area contributed by atoms with Crippen LogP contribution in [0.2, 0.25) is 0 Å². The van der Waals surface area contributed by atoms with E-state index in [1.807, 2.05) is 18.7 Å². The first-order chi connectivity index (χ1) is 10.1. The van der Waals surface area contributed by atoms with E-state index in [2.05, 4.69) is 0 Å². The number of ether oxygens (including phenoxy) is 1. The van der Waals surface area contributed by atoms with E-state index in [0.29, 0.717) is 0 Å². The summed E-state index contributed by atoms with van der Waals surface area (Å²) in [6.07, 6.45) is 3.70. The van der Waals surface area contributed by atoms with Gasteiger partial charge in [-0.2, -0.15) is 0 Å². The van der Waals surface area contributed by atoms with Crippen LogP contribution in [0.5, 0.6) is 0 Å². The van der Waals surface area contributed by atoms with Crippen LogP contribution in [0.3, 0.4) is 0 Å². The van der Waals surface area contributed by atoms with Gasteiger partial charge in [-0.05, 0) is 50.0 Å². The van der Waals surface area contributed by atoms with E-state index in [1.165, 1.54) is 12.1 Å². The zero-order valence-electron chi connectivity index (χ0n) is 12.6. The molecule has 2 rings (SSSR count). The predicted molar refractivity (Wildman–Crippen MR) is 81.3 cm³/mol. The number of amides is 1. The minimum absolute atomic E-state index is 0.0202. The van der Waals surface area contributed by atoms with Crippen LogP contribution in [-0.4, -0.2) is 36.6 Å². The largest absolute Gasteiger partial charge is 0.378 e. The van der Waals surface area contributed by atoms with Crippen molar-refractivity contribution in [2.24, 2.45) is 0 Å². The highest BCUT2D eigenvalue weighted by molar-refractivity contribution is 5.94. The van der Waals surface area contributed by atoms with Crippen molar-refractivity contribution in [2.45, 2.75) is 32.8 Å². The van der Waals surface area contributed by atoms with Gasteiger partial charge in [0.2, 0.25) is 5.91 Å². The lowest BCUT2D eigenvalue weighted by atomic mass is 10.1. The summed E-state index contributed by atoms with van der Waals surface area (Å²) in [5.41, 5.74) is 1.72. The summed E-state index contributed by atoms with van der Waals surface area (Å²) in [5, 5.41) is 0. The van der Waals surface area contributed by atoms with Gasteiger partial charge in [-0.1, -0.05) is 12.1 Å². The quantitative estimate of drug-likeness (QED) is 0.797. The van der Waals surface area contributed by atoms with Crippen molar-refractivity contribution in [1.29, 1.82) is 0 Å². The molecule has 1 amide bonds. The van der Waals surface area contributed by atoms with Crippen molar-refractivity contribution >= 4 is 11.5 Å². The van der Waals surface area contributed by atoms with Crippen LogP contribution in [0.15, 0.2) is 30.3 Å². The maximum Gasteiger partial charge on any atom is 0.246 e. The van der Waals surface area contributed by atoms with Gasteiger partial charge in [0.25, 0.3) is 0 Å². The van der Waals surface area contributed by atoms with Crippen molar-refractivity contribution in [3.63, 3.8) is 0 Å². The first kappa shape index (κ1) is 15.7. The molecule has 0 unspecified atom stereocenters. The van der Waals surface area contributed by atoms with E-state index >= 15 is 0 Å². The molecule has 1 aromatic rings. The molecule has 0 bridgehead atoms. The van der Waals surface area contributed by atoms with E-state index in [9.17, 15) is 9.18 Å². The topological polar surface area (TPSA) is 29.5 Å². The zero-order valence-corrected chi connectivity index (χ0v) is 12.6. The second-order valence-corrected chi connectivity index (χ2v) is 5.31. The molecule has 1 fully saturated rings. The van der Waals surface area contributed by atoms with E-state index in [0.717, 1.165) is 43.7 Å². The minimum atomic E-state index is -0.268. The van der Waals surface area contributed by atoms with E-state index < -0.39 is 0 Å². The Hall–Kier alpha value is -1.68. The number of likely N-dealkylation sites (tertiary alicyclic amines) is 1. The molecule has 114 valence electrons.